The number of fused-ring (bicyclic) bond motifs is 3. The fraction of sp³-hybridized carbons (Fsp3) is 0.375. The van der Waals surface area contributed by atoms with Gasteiger partial charge in [-0.25, -0.2) is 4.39 Å². The van der Waals surface area contributed by atoms with E-state index in [1.165, 1.54) is 12.1 Å². The average Bonchev–Trinajstić information content (AvgIpc) is 2.81. The van der Waals surface area contributed by atoms with E-state index in [2.05, 4.69) is 10.6 Å². The number of benzene rings is 2. The van der Waals surface area contributed by atoms with Crippen LogP contribution >= 0.6 is 11.6 Å². The molecule has 3 aliphatic rings. The molecule has 0 saturated heterocycles. The second-order valence-electron chi connectivity index (χ2n) is 8.71. The quantitative estimate of drug-likeness (QED) is 0.599. The summed E-state index contributed by atoms with van der Waals surface area (Å²) in [5.74, 6) is -1.11. The number of carbonyl (C=O) groups excluding carboxylic acids is 2. The van der Waals surface area contributed by atoms with Crippen molar-refractivity contribution in [2.75, 3.05) is 6.61 Å². The lowest BCUT2D eigenvalue weighted by Crippen LogP contribution is -2.70. The summed E-state index contributed by atoms with van der Waals surface area (Å²) in [6.07, 6.45) is 1.70. The Labute approximate surface area is 195 Å². The van der Waals surface area contributed by atoms with Gasteiger partial charge in [0.15, 0.2) is 6.61 Å². The standard InChI is InChI=1S/C24H23ClFN3O4/c25-18-6-5-17(11-19(18)26)33-14-21(31)28-23-7-9-24(10-8-23,20(30)12-23)29-22(32)16-3-1-15(13-27)2-4-16/h1-6,11,20,30H,7-10,12,14H2,(H,28,31)(H,29,32). The molecule has 172 valence electrons. The summed E-state index contributed by atoms with van der Waals surface area (Å²) in [6, 6.07) is 12.3. The van der Waals surface area contributed by atoms with Crippen molar-refractivity contribution in [3.8, 4) is 11.8 Å². The average molecular weight is 472 g/mol. The number of nitrogens with one attached hydrogen (secondary N) is 2. The predicted octanol–water partition coefficient (Wildman–Crippen LogP) is 3.09. The zero-order valence-corrected chi connectivity index (χ0v) is 18.5. The summed E-state index contributed by atoms with van der Waals surface area (Å²) in [7, 11) is 0. The van der Waals surface area contributed by atoms with Crippen LogP contribution in [0.1, 0.15) is 48.0 Å². The van der Waals surface area contributed by atoms with Gasteiger partial charge < -0.3 is 20.5 Å². The van der Waals surface area contributed by atoms with Gasteiger partial charge >= 0.3 is 0 Å². The molecule has 2 bridgehead atoms. The van der Waals surface area contributed by atoms with Gasteiger partial charge in [-0.1, -0.05) is 11.6 Å². The maximum atomic E-state index is 13.5. The third-order valence-electron chi connectivity index (χ3n) is 6.63. The molecule has 0 aliphatic heterocycles. The number of rotatable bonds is 6. The molecular formula is C24H23ClFN3O4. The number of hydrogen-bond acceptors (Lipinski definition) is 5. The van der Waals surface area contributed by atoms with Crippen LogP contribution in [0.15, 0.2) is 42.5 Å². The van der Waals surface area contributed by atoms with E-state index < -0.39 is 23.0 Å². The van der Waals surface area contributed by atoms with Gasteiger partial charge in [-0.2, -0.15) is 5.26 Å². The van der Waals surface area contributed by atoms with Gasteiger partial charge in [0, 0.05) is 17.2 Å². The molecule has 1 unspecified atom stereocenters. The van der Waals surface area contributed by atoms with Crippen LogP contribution in [0.2, 0.25) is 5.02 Å². The van der Waals surface area contributed by atoms with Crippen molar-refractivity contribution in [1.29, 1.82) is 5.26 Å². The number of halogens is 2. The molecule has 9 heteroatoms. The second kappa shape index (κ2) is 9.00. The minimum atomic E-state index is -0.825. The van der Waals surface area contributed by atoms with Gasteiger partial charge in [-0.15, -0.1) is 0 Å². The van der Waals surface area contributed by atoms with Crippen molar-refractivity contribution in [3.05, 3.63) is 64.4 Å². The Morgan fingerprint density at radius 3 is 2.45 bits per heavy atom. The monoisotopic (exact) mass is 471 g/mol. The number of aliphatic hydroxyl groups is 1. The van der Waals surface area contributed by atoms with Crippen LogP contribution in [-0.2, 0) is 4.79 Å². The molecule has 0 heterocycles. The van der Waals surface area contributed by atoms with Gasteiger partial charge in [0.05, 0.1) is 28.3 Å². The van der Waals surface area contributed by atoms with Crippen molar-refractivity contribution in [2.45, 2.75) is 49.3 Å². The SMILES string of the molecule is N#Cc1ccc(C(=O)NC23CCC(NC(=O)COc4ccc(Cl)c(F)c4)(CC2)CC3O)cc1. The maximum Gasteiger partial charge on any atom is 0.258 e. The molecule has 5 rings (SSSR count). The summed E-state index contributed by atoms with van der Waals surface area (Å²) in [4.78, 5) is 25.2. The molecule has 2 aromatic carbocycles. The number of amides is 2. The molecular weight excluding hydrogens is 449 g/mol. The molecule has 1 atom stereocenters. The third-order valence-corrected chi connectivity index (χ3v) is 6.93. The number of aliphatic hydroxyl groups excluding tert-OH is 1. The number of nitrogens with zero attached hydrogens (tertiary/aromatic N) is 1. The van der Waals surface area contributed by atoms with Gasteiger partial charge in [0.25, 0.3) is 11.8 Å². The largest absolute Gasteiger partial charge is 0.484 e. The van der Waals surface area contributed by atoms with Crippen LogP contribution in [0.25, 0.3) is 0 Å². The Kier molecular flexibility index (Phi) is 6.28. The highest BCUT2D eigenvalue weighted by Crippen LogP contribution is 2.47. The van der Waals surface area contributed by atoms with E-state index in [4.69, 9.17) is 21.6 Å². The fourth-order valence-electron chi connectivity index (χ4n) is 4.70. The highest BCUT2D eigenvalue weighted by molar-refractivity contribution is 6.30. The van der Waals surface area contributed by atoms with Crippen LogP contribution in [0.3, 0.4) is 0 Å². The molecule has 3 aliphatic carbocycles. The highest BCUT2D eigenvalue weighted by atomic mass is 35.5. The number of nitriles is 1. The predicted molar refractivity (Wildman–Crippen MR) is 118 cm³/mol. The van der Waals surface area contributed by atoms with E-state index in [-0.39, 0.29) is 29.2 Å². The molecule has 2 aromatic rings. The molecule has 0 spiro atoms. The van der Waals surface area contributed by atoms with Gasteiger partial charge in [0.1, 0.15) is 11.6 Å². The molecule has 33 heavy (non-hydrogen) atoms. The zero-order chi connectivity index (χ0) is 23.6. The van der Waals surface area contributed by atoms with E-state index in [9.17, 15) is 19.1 Å². The zero-order valence-electron chi connectivity index (χ0n) is 17.7. The summed E-state index contributed by atoms with van der Waals surface area (Å²) in [6.45, 7) is -0.292. The van der Waals surface area contributed by atoms with Crippen molar-refractivity contribution in [2.24, 2.45) is 0 Å². The second-order valence-corrected chi connectivity index (χ2v) is 9.12. The third kappa shape index (κ3) is 4.80. The smallest absolute Gasteiger partial charge is 0.258 e. The minimum absolute atomic E-state index is 0.0288. The molecule has 7 nitrogen and oxygen atoms in total. The number of ether oxygens (including phenoxy) is 1. The summed E-state index contributed by atoms with van der Waals surface area (Å²) >= 11 is 5.65. The first kappa shape index (κ1) is 23.0. The summed E-state index contributed by atoms with van der Waals surface area (Å²) in [5, 5.41) is 25.7. The van der Waals surface area contributed by atoms with Gasteiger partial charge in [-0.3, -0.25) is 9.59 Å². The van der Waals surface area contributed by atoms with Crippen LogP contribution < -0.4 is 15.4 Å². The van der Waals surface area contributed by atoms with Crippen LogP contribution in [0, 0.1) is 17.1 Å². The minimum Gasteiger partial charge on any atom is -0.484 e. The fourth-order valence-corrected chi connectivity index (χ4v) is 4.82. The topological polar surface area (TPSA) is 111 Å². The molecule has 3 saturated carbocycles. The lowest BCUT2D eigenvalue weighted by atomic mass is 9.60. The van der Waals surface area contributed by atoms with E-state index in [0.717, 1.165) is 6.07 Å². The first-order valence-electron chi connectivity index (χ1n) is 10.6. The van der Waals surface area contributed by atoms with Crippen LogP contribution in [0.4, 0.5) is 4.39 Å². The van der Waals surface area contributed by atoms with Crippen LogP contribution in [-0.4, -0.2) is 40.7 Å². The molecule has 0 radical (unpaired) electrons. The van der Waals surface area contributed by atoms with E-state index in [0.29, 0.717) is 43.2 Å². The Bertz CT molecular complexity index is 1110. The van der Waals surface area contributed by atoms with Gasteiger partial charge in [0.2, 0.25) is 0 Å². The molecule has 3 N–H and O–H groups in total. The lowest BCUT2D eigenvalue weighted by molar-refractivity contribution is -0.129. The molecule has 0 aromatic heterocycles. The Morgan fingerprint density at radius 1 is 1.15 bits per heavy atom. The summed E-state index contributed by atoms with van der Waals surface area (Å²) in [5.41, 5.74) is -0.450. The van der Waals surface area contributed by atoms with E-state index in [1.807, 2.05) is 6.07 Å². The first-order chi connectivity index (χ1) is 15.7. The van der Waals surface area contributed by atoms with Crippen molar-refractivity contribution in [3.63, 3.8) is 0 Å². The Morgan fingerprint density at radius 2 is 1.85 bits per heavy atom. The van der Waals surface area contributed by atoms with Crippen molar-refractivity contribution >= 4 is 23.4 Å². The van der Waals surface area contributed by atoms with E-state index in [1.54, 1.807) is 24.3 Å². The van der Waals surface area contributed by atoms with Gasteiger partial charge in [-0.05, 0) is 68.5 Å². The van der Waals surface area contributed by atoms with Crippen molar-refractivity contribution < 1.29 is 23.8 Å². The van der Waals surface area contributed by atoms with E-state index >= 15 is 0 Å². The molecule has 3 fully saturated rings. The van der Waals surface area contributed by atoms with Crippen LogP contribution in [0.5, 0.6) is 5.75 Å². The number of hydrogen-bond donors (Lipinski definition) is 3. The Hall–Kier alpha value is -3.15. The lowest BCUT2D eigenvalue weighted by Gasteiger charge is -2.56. The first-order valence-corrected chi connectivity index (χ1v) is 11.0. The highest BCUT2D eigenvalue weighted by Gasteiger charge is 2.55. The normalized spacial score (nSPS) is 25.7. The maximum absolute atomic E-state index is 13.5. The molecule has 2 amide bonds. The van der Waals surface area contributed by atoms with Crippen molar-refractivity contribution in [1.82, 2.24) is 10.6 Å². The number of carbonyl (C=O) groups is 2. The summed E-state index contributed by atoms with van der Waals surface area (Å²) < 4.78 is 18.9. The Balaban J connectivity index is 1.34.